The maximum Gasteiger partial charge on any atom is 0.306 e. The molecule has 1 saturated carbocycles. The molecule has 0 unspecified atom stereocenters. The Hall–Kier alpha value is -3.70. The summed E-state index contributed by atoms with van der Waals surface area (Å²) in [6.07, 6.45) is 6.78. The molecule has 4 heterocycles. The molecule has 0 saturated heterocycles. The van der Waals surface area contributed by atoms with Gasteiger partial charge in [-0.1, -0.05) is 5.21 Å². The van der Waals surface area contributed by atoms with Crippen LogP contribution in [0.5, 0.6) is 0 Å². The Kier molecular flexibility index (Phi) is 5.80. The van der Waals surface area contributed by atoms with Gasteiger partial charge in [0, 0.05) is 24.2 Å². The highest BCUT2D eigenvalue weighted by atomic mass is 32.1. The number of hydrogen-bond acceptors (Lipinski definition) is 9. The van der Waals surface area contributed by atoms with Crippen molar-refractivity contribution in [3.8, 4) is 21.8 Å². The zero-order valence-corrected chi connectivity index (χ0v) is 19.2. The standard InChI is InChI=1S/C23H23N7O3S/c1-13-8-16(18-12-25-22(34-18)23(33)5-2-14(3-6-23)21(31)32)27-20(9-13)28-19-10-15(4-7-24-19)17-11-26-30-29-17/h4,7-12,14,33H,2-3,5-6H2,1H3,(H,31,32)(H,24,27,28)(H,26,29,30)/t14-,23+. The first kappa shape index (κ1) is 22.1. The van der Waals surface area contributed by atoms with Gasteiger partial charge in [-0.15, -0.1) is 16.4 Å². The Morgan fingerprint density at radius 1 is 1.18 bits per heavy atom. The fourth-order valence-electron chi connectivity index (χ4n) is 4.15. The summed E-state index contributed by atoms with van der Waals surface area (Å²) < 4.78 is 0. The summed E-state index contributed by atoms with van der Waals surface area (Å²) in [7, 11) is 0. The maximum atomic E-state index is 11.2. The molecule has 1 aliphatic carbocycles. The van der Waals surface area contributed by atoms with Gasteiger partial charge >= 0.3 is 5.97 Å². The summed E-state index contributed by atoms with van der Waals surface area (Å²) in [4.78, 5) is 25.7. The highest BCUT2D eigenvalue weighted by Crippen LogP contribution is 2.42. The minimum atomic E-state index is -1.09. The number of aromatic amines is 1. The van der Waals surface area contributed by atoms with Crippen molar-refractivity contribution in [2.24, 2.45) is 5.92 Å². The Balaban J connectivity index is 1.36. The zero-order chi connectivity index (χ0) is 23.7. The van der Waals surface area contributed by atoms with Crippen molar-refractivity contribution < 1.29 is 15.0 Å². The number of nitrogens with one attached hydrogen (secondary N) is 2. The molecule has 11 heteroatoms. The van der Waals surface area contributed by atoms with Crippen LogP contribution in [-0.2, 0) is 10.4 Å². The average Bonchev–Trinajstić information content (AvgIpc) is 3.52. The molecule has 10 nitrogen and oxygen atoms in total. The monoisotopic (exact) mass is 477 g/mol. The number of thiazole rings is 1. The molecule has 1 aliphatic rings. The lowest BCUT2D eigenvalue weighted by Crippen LogP contribution is -2.33. The van der Waals surface area contributed by atoms with Crippen molar-refractivity contribution in [2.75, 3.05) is 5.32 Å². The first-order valence-electron chi connectivity index (χ1n) is 10.9. The van der Waals surface area contributed by atoms with Crippen LogP contribution >= 0.6 is 11.3 Å². The predicted molar refractivity (Wildman–Crippen MR) is 126 cm³/mol. The topological polar surface area (TPSA) is 150 Å². The Morgan fingerprint density at radius 2 is 2.00 bits per heavy atom. The summed E-state index contributed by atoms with van der Waals surface area (Å²) in [5.41, 5.74) is 2.25. The number of anilines is 2. The highest BCUT2D eigenvalue weighted by Gasteiger charge is 2.39. The molecule has 34 heavy (non-hydrogen) atoms. The number of carboxylic acids is 1. The van der Waals surface area contributed by atoms with E-state index in [1.807, 2.05) is 31.2 Å². The van der Waals surface area contributed by atoms with Crippen LogP contribution in [0.3, 0.4) is 0 Å². The van der Waals surface area contributed by atoms with Crippen molar-refractivity contribution in [1.29, 1.82) is 0 Å². The van der Waals surface area contributed by atoms with Gasteiger partial charge in [0.15, 0.2) is 0 Å². The van der Waals surface area contributed by atoms with E-state index < -0.39 is 17.5 Å². The molecule has 4 N–H and O–H groups in total. The van der Waals surface area contributed by atoms with Gasteiger partial charge in [0.1, 0.15) is 27.9 Å². The van der Waals surface area contributed by atoms with E-state index in [4.69, 9.17) is 4.98 Å². The number of pyridine rings is 2. The zero-order valence-electron chi connectivity index (χ0n) is 18.4. The molecule has 0 aliphatic heterocycles. The van der Waals surface area contributed by atoms with Crippen molar-refractivity contribution in [3.63, 3.8) is 0 Å². The summed E-state index contributed by atoms with van der Waals surface area (Å²) in [5, 5.41) is 34.7. The molecule has 0 bridgehead atoms. The molecule has 0 aromatic carbocycles. The van der Waals surface area contributed by atoms with E-state index in [2.05, 4.69) is 30.7 Å². The average molecular weight is 478 g/mol. The number of aromatic nitrogens is 6. The maximum absolute atomic E-state index is 11.2. The molecular weight excluding hydrogens is 454 g/mol. The van der Waals surface area contributed by atoms with E-state index in [1.54, 1.807) is 18.6 Å². The number of aryl methyl sites for hydroxylation is 1. The third-order valence-electron chi connectivity index (χ3n) is 6.02. The number of rotatable bonds is 6. The first-order chi connectivity index (χ1) is 16.4. The second-order valence-corrected chi connectivity index (χ2v) is 9.53. The lowest BCUT2D eigenvalue weighted by atomic mass is 9.79. The van der Waals surface area contributed by atoms with Gasteiger partial charge in [0.05, 0.1) is 16.5 Å². The number of hydrogen-bond donors (Lipinski definition) is 4. The quantitative estimate of drug-likeness (QED) is 0.324. The van der Waals surface area contributed by atoms with Crippen LogP contribution < -0.4 is 5.32 Å². The molecule has 174 valence electrons. The van der Waals surface area contributed by atoms with Gasteiger partial charge in [-0.05, 0) is 62.4 Å². The molecule has 1 fully saturated rings. The molecule has 0 spiro atoms. The van der Waals surface area contributed by atoms with Crippen LogP contribution in [0.1, 0.15) is 36.3 Å². The summed E-state index contributed by atoms with van der Waals surface area (Å²) in [6.45, 7) is 1.98. The van der Waals surface area contributed by atoms with Crippen molar-refractivity contribution in [3.05, 3.63) is 53.4 Å². The fourth-order valence-corrected chi connectivity index (χ4v) is 5.18. The molecule has 4 aromatic rings. The van der Waals surface area contributed by atoms with Crippen LogP contribution in [-0.4, -0.2) is 46.5 Å². The SMILES string of the molecule is Cc1cc(Nc2cc(-c3c[nH]nn3)ccn2)nc(-c2cnc([C@]3(O)CC[C@@H](C(=O)O)CC3)s2)c1. The van der Waals surface area contributed by atoms with E-state index in [1.165, 1.54) is 11.3 Å². The Bertz CT molecular complexity index is 1310. The molecule has 5 rings (SSSR count). The van der Waals surface area contributed by atoms with Crippen LogP contribution in [0, 0.1) is 12.8 Å². The summed E-state index contributed by atoms with van der Waals surface area (Å²) >= 11 is 1.39. The molecule has 0 amide bonds. The Labute approximate surface area is 199 Å². The van der Waals surface area contributed by atoms with E-state index in [0.717, 1.165) is 27.4 Å². The van der Waals surface area contributed by atoms with E-state index in [9.17, 15) is 15.0 Å². The second-order valence-electron chi connectivity index (χ2n) is 8.50. The minimum absolute atomic E-state index is 0.387. The number of aliphatic carboxylic acids is 1. The second kappa shape index (κ2) is 8.92. The van der Waals surface area contributed by atoms with Crippen LogP contribution in [0.4, 0.5) is 11.6 Å². The van der Waals surface area contributed by atoms with Crippen molar-refractivity contribution in [1.82, 2.24) is 30.4 Å². The Morgan fingerprint density at radius 3 is 2.74 bits per heavy atom. The number of carboxylic acid groups (broad SMARTS) is 1. The number of aliphatic hydroxyl groups is 1. The highest BCUT2D eigenvalue weighted by molar-refractivity contribution is 7.15. The molecule has 4 aromatic heterocycles. The molecule has 0 radical (unpaired) electrons. The number of H-pyrrole nitrogens is 1. The third-order valence-corrected chi connectivity index (χ3v) is 7.23. The lowest BCUT2D eigenvalue weighted by Gasteiger charge is -2.32. The van der Waals surface area contributed by atoms with Gasteiger partial charge in [-0.25, -0.2) is 15.0 Å². The van der Waals surface area contributed by atoms with Crippen molar-refractivity contribution in [2.45, 2.75) is 38.2 Å². The third kappa shape index (κ3) is 4.52. The van der Waals surface area contributed by atoms with Gasteiger partial charge in [-0.2, -0.15) is 0 Å². The largest absolute Gasteiger partial charge is 0.481 e. The van der Waals surface area contributed by atoms with E-state index in [-0.39, 0.29) is 0 Å². The van der Waals surface area contributed by atoms with Gasteiger partial charge in [0.2, 0.25) is 0 Å². The van der Waals surface area contributed by atoms with Crippen LogP contribution in [0.25, 0.3) is 21.8 Å². The van der Waals surface area contributed by atoms with Crippen molar-refractivity contribution >= 4 is 28.9 Å². The normalized spacial score (nSPS) is 20.2. The molecule has 0 atom stereocenters. The molecular formula is C23H23N7O3S. The minimum Gasteiger partial charge on any atom is -0.481 e. The van der Waals surface area contributed by atoms with Gasteiger partial charge < -0.3 is 15.5 Å². The fraction of sp³-hybridized carbons (Fsp3) is 0.304. The lowest BCUT2D eigenvalue weighted by molar-refractivity contribution is -0.145. The van der Waals surface area contributed by atoms with E-state index in [0.29, 0.717) is 42.3 Å². The first-order valence-corrected chi connectivity index (χ1v) is 11.7. The van der Waals surface area contributed by atoms with Gasteiger partial charge in [0.25, 0.3) is 0 Å². The van der Waals surface area contributed by atoms with E-state index >= 15 is 0 Å². The number of nitrogens with zero attached hydrogens (tertiary/aromatic N) is 5. The van der Waals surface area contributed by atoms with Crippen LogP contribution in [0.2, 0.25) is 0 Å². The number of carbonyl (C=O) groups is 1. The summed E-state index contributed by atoms with van der Waals surface area (Å²) in [6, 6.07) is 7.62. The van der Waals surface area contributed by atoms with Crippen LogP contribution in [0.15, 0.2) is 42.9 Å². The predicted octanol–water partition coefficient (Wildman–Crippen LogP) is 3.90. The smallest absolute Gasteiger partial charge is 0.306 e. The summed E-state index contributed by atoms with van der Waals surface area (Å²) in [5.74, 6) is 0.0598. The van der Waals surface area contributed by atoms with Gasteiger partial charge in [-0.3, -0.25) is 9.89 Å².